The van der Waals surface area contributed by atoms with E-state index in [0.717, 1.165) is 12.1 Å². The van der Waals surface area contributed by atoms with Crippen LogP contribution in [0.3, 0.4) is 0 Å². The third kappa shape index (κ3) is 2.18. The molecule has 1 aliphatic heterocycles. The predicted octanol–water partition coefficient (Wildman–Crippen LogP) is 3.78. The van der Waals surface area contributed by atoms with E-state index in [2.05, 4.69) is 28.9 Å². The number of rotatable bonds is 3. The summed E-state index contributed by atoms with van der Waals surface area (Å²) in [7, 11) is 0. The normalized spacial score (nSPS) is 21.4. The van der Waals surface area contributed by atoms with Crippen molar-refractivity contribution in [3.05, 3.63) is 65.2 Å². The Balaban J connectivity index is 2.16. The summed E-state index contributed by atoms with van der Waals surface area (Å²) in [5.41, 5.74) is 8.03. The summed E-state index contributed by atoms with van der Waals surface area (Å²) < 4.78 is 0. The maximum Gasteiger partial charge on any atom is 0.196 e. The van der Waals surface area contributed by atoms with Crippen molar-refractivity contribution in [1.29, 1.82) is 0 Å². The summed E-state index contributed by atoms with van der Waals surface area (Å²) in [6, 6.07) is 18.1. The first-order valence-electron chi connectivity index (χ1n) is 7.09. The van der Waals surface area contributed by atoms with Gasteiger partial charge in [0.2, 0.25) is 0 Å². The maximum absolute atomic E-state index is 6.39. The largest absolute Gasteiger partial charge is 0.369 e. The van der Waals surface area contributed by atoms with Gasteiger partial charge in [0, 0.05) is 0 Å². The highest BCUT2D eigenvalue weighted by molar-refractivity contribution is 6.34. The van der Waals surface area contributed by atoms with Gasteiger partial charge in [0.05, 0.1) is 22.8 Å². The number of hydrogen-bond acceptors (Lipinski definition) is 3. The molecule has 2 aromatic rings. The maximum atomic E-state index is 6.39. The average molecular weight is 300 g/mol. The summed E-state index contributed by atoms with van der Waals surface area (Å²) in [4.78, 5) is 6.57. The zero-order chi connectivity index (χ0) is 14.9. The second kappa shape index (κ2) is 5.41. The fourth-order valence-electron chi connectivity index (χ4n) is 3.00. The Bertz CT molecular complexity index is 669. The van der Waals surface area contributed by atoms with Crippen LogP contribution in [0.2, 0.25) is 5.02 Å². The molecule has 1 heterocycles. The van der Waals surface area contributed by atoms with Crippen molar-refractivity contribution in [3.8, 4) is 0 Å². The first-order valence-corrected chi connectivity index (χ1v) is 7.47. The predicted molar refractivity (Wildman–Crippen MR) is 88.8 cm³/mol. The minimum absolute atomic E-state index is 0.268. The summed E-state index contributed by atoms with van der Waals surface area (Å²) in [5, 5.41) is 0.686. The highest BCUT2D eigenvalue weighted by atomic mass is 35.5. The number of nitrogens with zero attached hydrogens (tertiary/aromatic N) is 2. The lowest BCUT2D eigenvalue weighted by molar-refractivity contribution is 0.462. The van der Waals surface area contributed by atoms with Gasteiger partial charge >= 0.3 is 0 Å². The van der Waals surface area contributed by atoms with E-state index in [1.165, 1.54) is 5.56 Å². The lowest BCUT2D eigenvalue weighted by atomic mass is 9.86. The Labute approximate surface area is 130 Å². The number of anilines is 1. The van der Waals surface area contributed by atoms with Crippen molar-refractivity contribution in [2.75, 3.05) is 11.4 Å². The Morgan fingerprint density at radius 1 is 1.14 bits per heavy atom. The molecule has 108 valence electrons. The van der Waals surface area contributed by atoms with Crippen LogP contribution in [0.4, 0.5) is 5.69 Å². The SMILES string of the molecule is CCC1(c2ccccc2)CN=C(N)N1c1ccccc1Cl. The van der Waals surface area contributed by atoms with Crippen LogP contribution in [0, 0.1) is 0 Å². The Morgan fingerprint density at radius 2 is 1.81 bits per heavy atom. The average Bonchev–Trinajstić information content (AvgIpc) is 2.87. The van der Waals surface area contributed by atoms with Crippen LogP contribution in [-0.4, -0.2) is 12.5 Å². The van der Waals surface area contributed by atoms with Crippen molar-refractivity contribution >= 4 is 23.2 Å². The highest BCUT2D eigenvalue weighted by Crippen LogP contribution is 2.41. The molecule has 0 aromatic heterocycles. The molecule has 0 aliphatic carbocycles. The zero-order valence-electron chi connectivity index (χ0n) is 12.0. The number of benzene rings is 2. The van der Waals surface area contributed by atoms with Gasteiger partial charge in [-0.25, -0.2) is 0 Å². The molecule has 0 saturated heterocycles. The van der Waals surface area contributed by atoms with Crippen LogP contribution in [0.1, 0.15) is 18.9 Å². The monoisotopic (exact) mass is 299 g/mol. The van der Waals surface area contributed by atoms with E-state index in [1.807, 2.05) is 42.5 Å². The molecular formula is C17H18ClN3. The number of halogens is 1. The number of hydrogen-bond donors (Lipinski definition) is 1. The van der Waals surface area contributed by atoms with Gasteiger partial charge in [-0.15, -0.1) is 0 Å². The molecule has 3 rings (SSSR count). The summed E-state index contributed by atoms with van der Waals surface area (Å²) >= 11 is 6.39. The first-order chi connectivity index (χ1) is 10.2. The summed E-state index contributed by atoms with van der Waals surface area (Å²) in [5.74, 6) is 0.522. The Kier molecular flexibility index (Phi) is 3.60. The minimum Gasteiger partial charge on any atom is -0.369 e. The van der Waals surface area contributed by atoms with Gasteiger partial charge in [-0.3, -0.25) is 9.89 Å². The number of para-hydroxylation sites is 1. The van der Waals surface area contributed by atoms with Crippen LogP contribution in [-0.2, 0) is 5.54 Å². The van der Waals surface area contributed by atoms with Crippen molar-refractivity contribution < 1.29 is 0 Å². The summed E-state index contributed by atoms with van der Waals surface area (Å²) in [6.45, 7) is 2.80. The molecule has 1 unspecified atom stereocenters. The quantitative estimate of drug-likeness (QED) is 0.937. The molecule has 0 radical (unpaired) electrons. The third-order valence-corrected chi connectivity index (χ3v) is 4.47. The van der Waals surface area contributed by atoms with Crippen LogP contribution in [0.15, 0.2) is 59.6 Å². The van der Waals surface area contributed by atoms with E-state index in [9.17, 15) is 0 Å². The van der Waals surface area contributed by atoms with Gasteiger partial charge in [-0.2, -0.15) is 0 Å². The smallest absolute Gasteiger partial charge is 0.196 e. The molecule has 0 bridgehead atoms. The van der Waals surface area contributed by atoms with Gasteiger partial charge in [0.15, 0.2) is 5.96 Å². The molecule has 4 heteroatoms. The highest BCUT2D eigenvalue weighted by Gasteiger charge is 2.43. The molecule has 2 aromatic carbocycles. The van der Waals surface area contributed by atoms with Crippen molar-refractivity contribution in [2.45, 2.75) is 18.9 Å². The van der Waals surface area contributed by atoms with Crippen LogP contribution in [0.5, 0.6) is 0 Å². The first kappa shape index (κ1) is 14.0. The van der Waals surface area contributed by atoms with E-state index in [4.69, 9.17) is 17.3 Å². The zero-order valence-corrected chi connectivity index (χ0v) is 12.7. The second-order valence-corrected chi connectivity index (χ2v) is 5.62. The van der Waals surface area contributed by atoms with Crippen molar-refractivity contribution in [1.82, 2.24) is 0 Å². The standard InChI is InChI=1S/C17H18ClN3/c1-2-17(13-8-4-3-5-9-13)12-20-16(19)21(17)15-11-7-6-10-14(15)18/h3-11H,2,12H2,1H3,(H2,19,20). The molecule has 3 nitrogen and oxygen atoms in total. The van der Waals surface area contributed by atoms with Gasteiger partial charge in [-0.1, -0.05) is 61.0 Å². The molecule has 1 aliphatic rings. The topological polar surface area (TPSA) is 41.6 Å². The van der Waals surface area contributed by atoms with Gasteiger partial charge in [-0.05, 0) is 24.1 Å². The molecule has 1 atom stereocenters. The second-order valence-electron chi connectivity index (χ2n) is 5.21. The van der Waals surface area contributed by atoms with E-state index >= 15 is 0 Å². The van der Waals surface area contributed by atoms with E-state index in [0.29, 0.717) is 17.5 Å². The molecule has 0 spiro atoms. The molecular weight excluding hydrogens is 282 g/mol. The van der Waals surface area contributed by atoms with E-state index in [1.54, 1.807) is 0 Å². The molecule has 0 fully saturated rings. The van der Waals surface area contributed by atoms with E-state index < -0.39 is 0 Å². The Morgan fingerprint density at radius 3 is 2.48 bits per heavy atom. The van der Waals surface area contributed by atoms with Crippen LogP contribution < -0.4 is 10.6 Å². The van der Waals surface area contributed by atoms with Gasteiger partial charge in [0.1, 0.15) is 0 Å². The van der Waals surface area contributed by atoms with Crippen LogP contribution >= 0.6 is 11.6 Å². The summed E-state index contributed by atoms with van der Waals surface area (Å²) in [6.07, 6.45) is 0.895. The minimum atomic E-state index is -0.268. The molecule has 0 saturated carbocycles. The number of nitrogens with two attached hydrogens (primary N) is 1. The molecule has 2 N–H and O–H groups in total. The van der Waals surface area contributed by atoms with E-state index in [-0.39, 0.29) is 5.54 Å². The third-order valence-electron chi connectivity index (χ3n) is 4.15. The molecule has 21 heavy (non-hydrogen) atoms. The lowest BCUT2D eigenvalue weighted by Crippen LogP contribution is -2.49. The van der Waals surface area contributed by atoms with Crippen molar-refractivity contribution in [2.24, 2.45) is 10.7 Å². The fourth-order valence-corrected chi connectivity index (χ4v) is 3.22. The lowest BCUT2D eigenvalue weighted by Gasteiger charge is -2.39. The Hall–Kier alpha value is -2.00. The number of aliphatic imine (C=N–C) groups is 1. The molecule has 0 amide bonds. The van der Waals surface area contributed by atoms with Gasteiger partial charge in [0.25, 0.3) is 0 Å². The van der Waals surface area contributed by atoms with Crippen LogP contribution in [0.25, 0.3) is 0 Å². The fraction of sp³-hybridized carbons (Fsp3) is 0.235. The van der Waals surface area contributed by atoms with Gasteiger partial charge < -0.3 is 5.73 Å². The van der Waals surface area contributed by atoms with Crippen molar-refractivity contribution in [3.63, 3.8) is 0 Å². The number of guanidine groups is 1.